The van der Waals surface area contributed by atoms with Crippen LogP contribution in [-0.4, -0.2) is 18.5 Å². The molecule has 104 valence electrons. The Morgan fingerprint density at radius 3 is 2.74 bits per heavy atom. The molecule has 0 heterocycles. The highest BCUT2D eigenvalue weighted by atomic mass is 79.9. The monoisotopic (exact) mass is 324 g/mol. The standard InChI is InChI=1S/C15H21BrN2O/c1-11-9-12(16)7-8-14(11)17-10-15(19)18-13-5-3-2-4-6-13/h7-9,13,17H,2-6,10H2,1H3,(H,18,19). The molecule has 4 heteroatoms. The number of carbonyl (C=O) groups is 1. The molecule has 1 saturated carbocycles. The molecular formula is C15H21BrN2O. The quantitative estimate of drug-likeness (QED) is 0.888. The Balaban J connectivity index is 1.79. The van der Waals surface area contributed by atoms with E-state index >= 15 is 0 Å². The summed E-state index contributed by atoms with van der Waals surface area (Å²) in [6.07, 6.45) is 6.04. The van der Waals surface area contributed by atoms with E-state index in [1.807, 2.05) is 25.1 Å². The number of hydrogen-bond acceptors (Lipinski definition) is 2. The number of halogens is 1. The van der Waals surface area contributed by atoms with E-state index in [-0.39, 0.29) is 5.91 Å². The van der Waals surface area contributed by atoms with Gasteiger partial charge < -0.3 is 10.6 Å². The van der Waals surface area contributed by atoms with E-state index in [2.05, 4.69) is 26.6 Å². The molecule has 0 unspecified atom stereocenters. The Kier molecular flexibility index (Phi) is 5.25. The van der Waals surface area contributed by atoms with Crippen LogP contribution in [0.4, 0.5) is 5.69 Å². The summed E-state index contributed by atoms with van der Waals surface area (Å²) < 4.78 is 1.06. The van der Waals surface area contributed by atoms with E-state index in [4.69, 9.17) is 0 Å². The van der Waals surface area contributed by atoms with Crippen LogP contribution in [0.2, 0.25) is 0 Å². The number of aryl methyl sites for hydroxylation is 1. The van der Waals surface area contributed by atoms with Gasteiger partial charge in [-0.1, -0.05) is 35.2 Å². The summed E-state index contributed by atoms with van der Waals surface area (Å²) in [4.78, 5) is 11.9. The van der Waals surface area contributed by atoms with Gasteiger partial charge in [-0.25, -0.2) is 0 Å². The van der Waals surface area contributed by atoms with Gasteiger partial charge in [-0.2, -0.15) is 0 Å². The Hall–Kier alpha value is -1.03. The van der Waals surface area contributed by atoms with E-state index < -0.39 is 0 Å². The fourth-order valence-electron chi connectivity index (χ4n) is 2.53. The van der Waals surface area contributed by atoms with Crippen LogP contribution >= 0.6 is 15.9 Å². The van der Waals surface area contributed by atoms with Crippen LogP contribution in [0.5, 0.6) is 0 Å². The molecule has 19 heavy (non-hydrogen) atoms. The lowest BCUT2D eigenvalue weighted by Crippen LogP contribution is -2.39. The molecule has 0 bridgehead atoms. The normalized spacial score (nSPS) is 16.1. The van der Waals surface area contributed by atoms with Crippen molar-refractivity contribution in [3.8, 4) is 0 Å². The largest absolute Gasteiger partial charge is 0.376 e. The maximum atomic E-state index is 11.9. The van der Waals surface area contributed by atoms with E-state index in [9.17, 15) is 4.79 Å². The van der Waals surface area contributed by atoms with Crippen LogP contribution in [0.3, 0.4) is 0 Å². The minimum Gasteiger partial charge on any atom is -0.376 e. The van der Waals surface area contributed by atoms with Crippen LogP contribution in [-0.2, 0) is 4.79 Å². The second-order valence-electron chi connectivity index (χ2n) is 5.22. The minimum atomic E-state index is 0.0919. The second kappa shape index (κ2) is 6.94. The molecular weight excluding hydrogens is 304 g/mol. The Labute approximate surface area is 123 Å². The van der Waals surface area contributed by atoms with Crippen molar-refractivity contribution < 1.29 is 4.79 Å². The Bertz CT molecular complexity index is 442. The summed E-state index contributed by atoms with van der Waals surface area (Å²) in [6.45, 7) is 2.38. The molecule has 0 saturated heterocycles. The van der Waals surface area contributed by atoms with Gasteiger partial charge in [0.1, 0.15) is 0 Å². The van der Waals surface area contributed by atoms with Gasteiger partial charge in [-0.15, -0.1) is 0 Å². The van der Waals surface area contributed by atoms with Gasteiger partial charge >= 0.3 is 0 Å². The number of hydrogen-bond donors (Lipinski definition) is 2. The van der Waals surface area contributed by atoms with E-state index in [0.29, 0.717) is 12.6 Å². The maximum absolute atomic E-state index is 11.9. The fraction of sp³-hybridized carbons (Fsp3) is 0.533. The number of benzene rings is 1. The van der Waals surface area contributed by atoms with Gasteiger partial charge in [0.05, 0.1) is 6.54 Å². The molecule has 1 aliphatic rings. The summed E-state index contributed by atoms with van der Waals surface area (Å²) in [5, 5.41) is 6.31. The Morgan fingerprint density at radius 2 is 2.05 bits per heavy atom. The lowest BCUT2D eigenvalue weighted by atomic mass is 9.95. The molecule has 0 aliphatic heterocycles. The molecule has 1 aromatic rings. The van der Waals surface area contributed by atoms with Gasteiger partial charge in [-0.3, -0.25) is 4.79 Å². The number of anilines is 1. The zero-order chi connectivity index (χ0) is 13.7. The summed E-state index contributed by atoms with van der Waals surface area (Å²) in [5.41, 5.74) is 2.15. The van der Waals surface area contributed by atoms with Crippen LogP contribution in [0.15, 0.2) is 22.7 Å². The molecule has 1 fully saturated rings. The van der Waals surface area contributed by atoms with Crippen molar-refractivity contribution in [3.05, 3.63) is 28.2 Å². The van der Waals surface area contributed by atoms with E-state index in [1.165, 1.54) is 19.3 Å². The summed E-state index contributed by atoms with van der Waals surface area (Å²) in [6, 6.07) is 6.40. The zero-order valence-electron chi connectivity index (χ0n) is 11.3. The maximum Gasteiger partial charge on any atom is 0.239 e. The average molecular weight is 325 g/mol. The number of nitrogens with one attached hydrogen (secondary N) is 2. The summed E-state index contributed by atoms with van der Waals surface area (Å²) >= 11 is 3.44. The first-order valence-electron chi connectivity index (χ1n) is 6.94. The lowest BCUT2D eigenvalue weighted by molar-refractivity contribution is -0.120. The number of carbonyl (C=O) groups excluding carboxylic acids is 1. The lowest BCUT2D eigenvalue weighted by Gasteiger charge is -2.23. The van der Waals surface area contributed by atoms with Gasteiger partial charge in [0.25, 0.3) is 0 Å². The second-order valence-corrected chi connectivity index (χ2v) is 6.13. The van der Waals surface area contributed by atoms with Crippen LogP contribution < -0.4 is 10.6 Å². The molecule has 1 aromatic carbocycles. The van der Waals surface area contributed by atoms with Crippen LogP contribution in [0, 0.1) is 6.92 Å². The summed E-state index contributed by atoms with van der Waals surface area (Å²) in [7, 11) is 0. The van der Waals surface area contributed by atoms with Crippen molar-refractivity contribution in [3.63, 3.8) is 0 Å². The number of amides is 1. The van der Waals surface area contributed by atoms with E-state index in [0.717, 1.165) is 28.6 Å². The Morgan fingerprint density at radius 1 is 1.32 bits per heavy atom. The van der Waals surface area contributed by atoms with Crippen molar-refractivity contribution in [2.75, 3.05) is 11.9 Å². The van der Waals surface area contributed by atoms with Gasteiger partial charge in [-0.05, 0) is 43.5 Å². The number of rotatable bonds is 4. The van der Waals surface area contributed by atoms with Gasteiger partial charge in [0.2, 0.25) is 5.91 Å². The highest BCUT2D eigenvalue weighted by Gasteiger charge is 2.15. The predicted molar refractivity (Wildman–Crippen MR) is 82.4 cm³/mol. The molecule has 0 atom stereocenters. The summed E-state index contributed by atoms with van der Waals surface area (Å²) in [5.74, 6) is 0.0919. The van der Waals surface area contributed by atoms with Gasteiger partial charge in [0, 0.05) is 16.2 Å². The van der Waals surface area contributed by atoms with Crippen molar-refractivity contribution in [2.45, 2.75) is 45.1 Å². The predicted octanol–water partition coefficient (Wildman–Crippen LogP) is 3.62. The van der Waals surface area contributed by atoms with Crippen LogP contribution in [0.1, 0.15) is 37.7 Å². The molecule has 2 rings (SSSR count). The fourth-order valence-corrected chi connectivity index (χ4v) is 3.00. The van der Waals surface area contributed by atoms with Gasteiger partial charge in [0.15, 0.2) is 0 Å². The smallest absolute Gasteiger partial charge is 0.239 e. The molecule has 1 amide bonds. The molecule has 0 aromatic heterocycles. The van der Waals surface area contributed by atoms with Crippen molar-refractivity contribution in [1.29, 1.82) is 0 Å². The first-order chi connectivity index (χ1) is 9.15. The first kappa shape index (κ1) is 14.4. The molecule has 0 radical (unpaired) electrons. The molecule has 0 spiro atoms. The van der Waals surface area contributed by atoms with E-state index in [1.54, 1.807) is 0 Å². The third-order valence-corrected chi connectivity index (χ3v) is 4.09. The van der Waals surface area contributed by atoms with Crippen molar-refractivity contribution in [2.24, 2.45) is 0 Å². The zero-order valence-corrected chi connectivity index (χ0v) is 12.9. The average Bonchev–Trinajstić information content (AvgIpc) is 2.39. The van der Waals surface area contributed by atoms with Crippen LogP contribution in [0.25, 0.3) is 0 Å². The molecule has 2 N–H and O–H groups in total. The topological polar surface area (TPSA) is 41.1 Å². The minimum absolute atomic E-state index is 0.0919. The highest BCUT2D eigenvalue weighted by molar-refractivity contribution is 9.10. The first-order valence-corrected chi connectivity index (χ1v) is 7.74. The molecule has 3 nitrogen and oxygen atoms in total. The molecule has 1 aliphatic carbocycles. The SMILES string of the molecule is Cc1cc(Br)ccc1NCC(=O)NC1CCCCC1. The van der Waals surface area contributed by atoms with Crippen molar-refractivity contribution >= 4 is 27.5 Å². The third-order valence-electron chi connectivity index (χ3n) is 3.60. The highest BCUT2D eigenvalue weighted by Crippen LogP contribution is 2.20. The van der Waals surface area contributed by atoms with Crippen molar-refractivity contribution in [1.82, 2.24) is 5.32 Å². The third kappa shape index (κ3) is 4.53.